The number of carbonyl (C=O) groups excluding carboxylic acids is 1. The maximum absolute atomic E-state index is 13.8. The van der Waals surface area contributed by atoms with Gasteiger partial charge < -0.3 is 9.30 Å². The highest BCUT2D eigenvalue weighted by Crippen LogP contribution is 2.25. The van der Waals surface area contributed by atoms with Crippen molar-refractivity contribution in [2.24, 2.45) is 4.99 Å². The lowest BCUT2D eigenvalue weighted by Crippen LogP contribution is -2.06. The summed E-state index contributed by atoms with van der Waals surface area (Å²) >= 11 is 0. The third-order valence-electron chi connectivity index (χ3n) is 4.58. The Hall–Kier alpha value is -3.28. The fraction of sp³-hybridized carbons (Fsp3) is 0.182. The van der Waals surface area contributed by atoms with Crippen molar-refractivity contribution in [3.8, 4) is 5.69 Å². The van der Waals surface area contributed by atoms with Crippen LogP contribution in [0.4, 0.5) is 14.5 Å². The molecule has 3 aromatic rings. The first-order valence-electron chi connectivity index (χ1n) is 8.69. The standard InChI is InChI=1S/C22H20F2N2O2/c1-13-9-16(22(27)28-4)5-8-21(13)26-14(2)10-17(15(26)3)12-25-20-7-6-18(23)11-19(20)24/h5-12H,1-4H3. The Morgan fingerprint density at radius 2 is 1.82 bits per heavy atom. The molecule has 0 amide bonds. The topological polar surface area (TPSA) is 43.6 Å². The maximum atomic E-state index is 13.8. The number of carbonyl (C=O) groups is 1. The van der Waals surface area contributed by atoms with E-state index in [0.717, 1.165) is 34.3 Å². The third kappa shape index (κ3) is 3.71. The van der Waals surface area contributed by atoms with E-state index in [1.165, 1.54) is 19.2 Å². The van der Waals surface area contributed by atoms with E-state index < -0.39 is 11.6 Å². The molecule has 4 nitrogen and oxygen atoms in total. The Morgan fingerprint density at radius 3 is 2.46 bits per heavy atom. The van der Waals surface area contributed by atoms with Crippen molar-refractivity contribution in [1.82, 2.24) is 4.57 Å². The monoisotopic (exact) mass is 382 g/mol. The lowest BCUT2D eigenvalue weighted by Gasteiger charge is -2.13. The molecule has 0 aliphatic rings. The van der Waals surface area contributed by atoms with Crippen LogP contribution in [0, 0.1) is 32.4 Å². The summed E-state index contributed by atoms with van der Waals surface area (Å²) in [6.07, 6.45) is 1.56. The first-order valence-corrected chi connectivity index (χ1v) is 8.69. The van der Waals surface area contributed by atoms with Gasteiger partial charge in [0.1, 0.15) is 5.82 Å². The summed E-state index contributed by atoms with van der Waals surface area (Å²) < 4.78 is 33.6. The minimum absolute atomic E-state index is 0.0739. The molecule has 1 heterocycles. The Kier molecular flexibility index (Phi) is 5.40. The molecule has 0 N–H and O–H groups in total. The number of aliphatic imine (C=N–C) groups is 1. The van der Waals surface area contributed by atoms with E-state index in [2.05, 4.69) is 4.99 Å². The van der Waals surface area contributed by atoms with Gasteiger partial charge in [0.05, 0.1) is 18.4 Å². The van der Waals surface area contributed by atoms with Gasteiger partial charge in [0.15, 0.2) is 5.82 Å². The SMILES string of the molecule is COC(=O)c1ccc(-n2c(C)cc(C=Nc3ccc(F)cc3F)c2C)c(C)c1. The summed E-state index contributed by atoms with van der Waals surface area (Å²) in [5.74, 6) is -1.73. The van der Waals surface area contributed by atoms with Crippen molar-refractivity contribution in [2.75, 3.05) is 7.11 Å². The quantitative estimate of drug-likeness (QED) is 0.459. The first kappa shape index (κ1) is 19.5. The van der Waals surface area contributed by atoms with Crippen molar-refractivity contribution in [3.63, 3.8) is 0 Å². The maximum Gasteiger partial charge on any atom is 0.337 e. The van der Waals surface area contributed by atoms with Crippen LogP contribution in [0.5, 0.6) is 0 Å². The Bertz CT molecular complexity index is 1080. The van der Waals surface area contributed by atoms with Gasteiger partial charge in [-0.15, -0.1) is 0 Å². The van der Waals surface area contributed by atoms with Gasteiger partial charge in [-0.05, 0) is 62.7 Å². The summed E-state index contributed by atoms with van der Waals surface area (Å²) in [6.45, 7) is 5.81. The molecule has 0 aliphatic carbocycles. The number of halogens is 2. The Labute approximate surface area is 162 Å². The van der Waals surface area contributed by atoms with Gasteiger partial charge in [-0.1, -0.05) is 0 Å². The van der Waals surface area contributed by atoms with Gasteiger partial charge >= 0.3 is 5.97 Å². The molecule has 144 valence electrons. The average Bonchev–Trinajstić information content (AvgIpc) is 2.94. The van der Waals surface area contributed by atoms with E-state index in [1.807, 2.05) is 37.5 Å². The number of rotatable bonds is 4. The summed E-state index contributed by atoms with van der Waals surface area (Å²) in [6, 6.07) is 10.6. The predicted molar refractivity (Wildman–Crippen MR) is 105 cm³/mol. The molecule has 0 bridgehead atoms. The summed E-state index contributed by atoms with van der Waals surface area (Å²) in [7, 11) is 1.35. The van der Waals surface area contributed by atoms with Gasteiger partial charge in [0.2, 0.25) is 0 Å². The van der Waals surface area contributed by atoms with Gasteiger partial charge in [-0.2, -0.15) is 0 Å². The molecular formula is C22H20F2N2O2. The number of hydrogen-bond acceptors (Lipinski definition) is 3. The largest absolute Gasteiger partial charge is 0.465 e. The van der Waals surface area contributed by atoms with Crippen LogP contribution in [0.25, 0.3) is 5.69 Å². The Balaban J connectivity index is 1.98. The molecule has 0 saturated heterocycles. The molecule has 6 heteroatoms. The van der Waals surface area contributed by atoms with Gasteiger partial charge in [-0.25, -0.2) is 13.6 Å². The molecule has 0 atom stereocenters. The van der Waals surface area contributed by atoms with Crippen LogP contribution in [0.3, 0.4) is 0 Å². The number of aromatic nitrogens is 1. The zero-order chi connectivity index (χ0) is 20.4. The highest BCUT2D eigenvalue weighted by molar-refractivity contribution is 5.90. The second kappa shape index (κ2) is 7.76. The summed E-state index contributed by atoms with van der Waals surface area (Å²) in [5, 5.41) is 0. The van der Waals surface area contributed by atoms with Crippen LogP contribution in [-0.4, -0.2) is 23.9 Å². The summed E-state index contributed by atoms with van der Waals surface area (Å²) in [5.41, 5.74) is 5.10. The fourth-order valence-corrected chi connectivity index (χ4v) is 3.17. The first-order chi connectivity index (χ1) is 13.3. The van der Waals surface area contributed by atoms with Crippen molar-refractivity contribution in [3.05, 3.63) is 82.2 Å². The van der Waals surface area contributed by atoms with Crippen molar-refractivity contribution in [2.45, 2.75) is 20.8 Å². The van der Waals surface area contributed by atoms with Crippen molar-refractivity contribution in [1.29, 1.82) is 0 Å². The average molecular weight is 382 g/mol. The zero-order valence-electron chi connectivity index (χ0n) is 16.1. The number of esters is 1. The Morgan fingerprint density at radius 1 is 1.07 bits per heavy atom. The molecule has 0 fully saturated rings. The second-order valence-corrected chi connectivity index (χ2v) is 6.51. The molecule has 0 unspecified atom stereocenters. The van der Waals surface area contributed by atoms with E-state index in [-0.39, 0.29) is 11.7 Å². The van der Waals surface area contributed by atoms with Crippen LogP contribution in [-0.2, 0) is 4.74 Å². The van der Waals surface area contributed by atoms with Gasteiger partial charge in [0, 0.05) is 34.9 Å². The smallest absolute Gasteiger partial charge is 0.337 e. The molecule has 0 saturated carbocycles. The molecular weight excluding hydrogens is 362 g/mol. The van der Waals surface area contributed by atoms with Crippen LogP contribution < -0.4 is 0 Å². The zero-order valence-corrected chi connectivity index (χ0v) is 16.1. The number of methoxy groups -OCH3 is 1. The fourth-order valence-electron chi connectivity index (χ4n) is 3.17. The highest BCUT2D eigenvalue weighted by atomic mass is 19.1. The van der Waals surface area contributed by atoms with E-state index in [0.29, 0.717) is 5.56 Å². The number of benzene rings is 2. The van der Waals surface area contributed by atoms with Crippen LogP contribution in [0.2, 0.25) is 0 Å². The van der Waals surface area contributed by atoms with E-state index in [4.69, 9.17) is 4.74 Å². The number of ether oxygens (including phenoxy) is 1. The number of nitrogens with zero attached hydrogens (tertiary/aromatic N) is 2. The third-order valence-corrected chi connectivity index (χ3v) is 4.58. The molecule has 0 radical (unpaired) electrons. The minimum Gasteiger partial charge on any atom is -0.465 e. The van der Waals surface area contributed by atoms with Gasteiger partial charge in [-0.3, -0.25) is 4.99 Å². The number of aryl methyl sites for hydroxylation is 2. The molecule has 1 aromatic heterocycles. The highest BCUT2D eigenvalue weighted by Gasteiger charge is 2.14. The van der Waals surface area contributed by atoms with Gasteiger partial charge in [0.25, 0.3) is 0 Å². The van der Waals surface area contributed by atoms with Crippen LogP contribution in [0.15, 0.2) is 47.5 Å². The van der Waals surface area contributed by atoms with E-state index >= 15 is 0 Å². The normalized spacial score (nSPS) is 11.2. The molecule has 28 heavy (non-hydrogen) atoms. The number of hydrogen-bond donors (Lipinski definition) is 0. The molecule has 0 spiro atoms. The van der Waals surface area contributed by atoms with Crippen LogP contribution >= 0.6 is 0 Å². The van der Waals surface area contributed by atoms with E-state index in [1.54, 1.807) is 18.3 Å². The lowest BCUT2D eigenvalue weighted by molar-refractivity contribution is 0.0600. The summed E-state index contributed by atoms with van der Waals surface area (Å²) in [4.78, 5) is 15.9. The van der Waals surface area contributed by atoms with E-state index in [9.17, 15) is 13.6 Å². The van der Waals surface area contributed by atoms with Crippen molar-refractivity contribution < 1.29 is 18.3 Å². The minimum atomic E-state index is -0.709. The molecule has 0 aliphatic heterocycles. The predicted octanol–water partition coefficient (Wildman–Crippen LogP) is 5.22. The molecule has 2 aromatic carbocycles. The molecule has 3 rings (SSSR count). The van der Waals surface area contributed by atoms with Crippen molar-refractivity contribution >= 4 is 17.9 Å². The van der Waals surface area contributed by atoms with Crippen LogP contribution in [0.1, 0.15) is 32.9 Å². The lowest BCUT2D eigenvalue weighted by atomic mass is 10.1. The second-order valence-electron chi connectivity index (χ2n) is 6.51.